The number of rotatable bonds is 9. The highest BCUT2D eigenvalue weighted by Crippen LogP contribution is 2.25. The van der Waals surface area contributed by atoms with Crippen molar-refractivity contribution in [2.24, 2.45) is 5.41 Å². The molecule has 0 bridgehead atoms. The van der Waals surface area contributed by atoms with E-state index in [1.165, 1.54) is 0 Å². The Morgan fingerprint density at radius 2 is 1.83 bits per heavy atom. The first-order valence-electron chi connectivity index (χ1n) is 6.53. The number of nitrogens with one attached hydrogen (secondary N) is 1. The van der Waals surface area contributed by atoms with E-state index in [0.29, 0.717) is 12.8 Å². The van der Waals surface area contributed by atoms with E-state index in [9.17, 15) is 14.7 Å². The normalized spacial score (nSPS) is 13.1. The van der Waals surface area contributed by atoms with Crippen LogP contribution >= 0.6 is 0 Å². The highest BCUT2D eigenvalue weighted by molar-refractivity contribution is 5.79. The molecular weight excluding hydrogens is 234 g/mol. The van der Waals surface area contributed by atoms with Gasteiger partial charge in [-0.3, -0.25) is 9.59 Å². The lowest BCUT2D eigenvalue weighted by molar-refractivity contribution is -0.149. The monoisotopic (exact) mass is 259 g/mol. The zero-order valence-corrected chi connectivity index (χ0v) is 11.8. The van der Waals surface area contributed by atoms with Crippen LogP contribution in [-0.2, 0) is 14.3 Å². The molecule has 1 unspecified atom stereocenters. The lowest BCUT2D eigenvalue weighted by atomic mass is 9.82. The van der Waals surface area contributed by atoms with E-state index in [2.05, 4.69) is 5.32 Å². The number of hydrogen-bond acceptors (Lipinski definition) is 3. The number of ether oxygens (including phenoxy) is 1. The van der Waals surface area contributed by atoms with E-state index in [-0.39, 0.29) is 25.2 Å². The first-order chi connectivity index (χ1) is 8.41. The van der Waals surface area contributed by atoms with Gasteiger partial charge in [0.1, 0.15) is 6.61 Å². The van der Waals surface area contributed by atoms with Crippen LogP contribution in [0.1, 0.15) is 47.0 Å². The Labute approximate surface area is 109 Å². The molecule has 0 aromatic heterocycles. The Bertz CT molecular complexity index is 274. The van der Waals surface area contributed by atoms with Crippen LogP contribution in [-0.4, -0.2) is 36.2 Å². The zero-order chi connectivity index (χ0) is 14.2. The maximum absolute atomic E-state index is 11.5. The van der Waals surface area contributed by atoms with Crippen LogP contribution < -0.4 is 5.32 Å². The number of hydrogen-bond donors (Lipinski definition) is 2. The predicted octanol–water partition coefficient (Wildman–Crippen LogP) is 1.81. The quantitative estimate of drug-likeness (QED) is 0.662. The Kier molecular flexibility index (Phi) is 7.59. The van der Waals surface area contributed by atoms with Gasteiger partial charge in [0.15, 0.2) is 0 Å². The first-order valence-corrected chi connectivity index (χ1v) is 6.53. The average Bonchev–Trinajstić information content (AvgIpc) is 2.37. The maximum atomic E-state index is 11.5. The summed E-state index contributed by atoms with van der Waals surface area (Å²) in [5, 5.41) is 11.9. The second-order valence-corrected chi connectivity index (χ2v) is 4.60. The van der Waals surface area contributed by atoms with E-state index >= 15 is 0 Å². The van der Waals surface area contributed by atoms with Gasteiger partial charge in [-0.25, -0.2) is 0 Å². The van der Waals surface area contributed by atoms with Gasteiger partial charge in [-0.15, -0.1) is 0 Å². The molecular formula is C13H25NO4. The smallest absolute Gasteiger partial charge is 0.311 e. The van der Waals surface area contributed by atoms with Crippen molar-refractivity contribution >= 4 is 11.9 Å². The van der Waals surface area contributed by atoms with Crippen molar-refractivity contribution in [2.75, 3.05) is 13.2 Å². The number of carbonyl (C=O) groups excluding carboxylic acids is 1. The molecule has 0 fully saturated rings. The Balaban J connectivity index is 4.20. The molecule has 0 aliphatic carbocycles. The lowest BCUT2D eigenvalue weighted by Gasteiger charge is -2.26. The summed E-state index contributed by atoms with van der Waals surface area (Å²) in [4.78, 5) is 22.8. The number of amides is 1. The first kappa shape index (κ1) is 16.9. The van der Waals surface area contributed by atoms with Crippen molar-refractivity contribution in [1.29, 1.82) is 0 Å². The third-order valence-electron chi connectivity index (χ3n) is 3.51. The molecule has 0 aliphatic rings. The summed E-state index contributed by atoms with van der Waals surface area (Å²) in [7, 11) is 0. The van der Waals surface area contributed by atoms with Crippen molar-refractivity contribution in [3.63, 3.8) is 0 Å². The van der Waals surface area contributed by atoms with Crippen molar-refractivity contribution in [1.82, 2.24) is 5.32 Å². The highest BCUT2D eigenvalue weighted by atomic mass is 16.5. The average molecular weight is 259 g/mol. The lowest BCUT2D eigenvalue weighted by Crippen LogP contribution is -2.43. The molecule has 2 N–H and O–H groups in total. The summed E-state index contributed by atoms with van der Waals surface area (Å²) in [6.07, 6.45) is 1.87. The topological polar surface area (TPSA) is 75.6 Å². The van der Waals surface area contributed by atoms with E-state index in [4.69, 9.17) is 4.74 Å². The van der Waals surface area contributed by atoms with E-state index in [1.54, 1.807) is 0 Å². The minimum Gasteiger partial charge on any atom is -0.481 e. The molecule has 5 nitrogen and oxygen atoms in total. The molecule has 1 atom stereocenters. The maximum Gasteiger partial charge on any atom is 0.311 e. The third-order valence-corrected chi connectivity index (χ3v) is 3.51. The molecule has 0 spiro atoms. The Morgan fingerprint density at radius 3 is 2.22 bits per heavy atom. The number of aliphatic carboxylic acids is 1. The minimum atomic E-state index is -0.869. The molecule has 0 rings (SSSR count). The summed E-state index contributed by atoms with van der Waals surface area (Å²) >= 11 is 0. The van der Waals surface area contributed by atoms with Gasteiger partial charge in [0.2, 0.25) is 5.91 Å². The van der Waals surface area contributed by atoms with Crippen LogP contribution in [0.3, 0.4) is 0 Å². The predicted molar refractivity (Wildman–Crippen MR) is 69.4 cm³/mol. The minimum absolute atomic E-state index is 0.0157. The second-order valence-electron chi connectivity index (χ2n) is 4.60. The van der Waals surface area contributed by atoms with E-state index < -0.39 is 11.4 Å². The number of carboxylic acids is 1. The van der Waals surface area contributed by atoms with Crippen molar-refractivity contribution in [3.8, 4) is 0 Å². The molecule has 0 saturated carbocycles. The fourth-order valence-corrected chi connectivity index (χ4v) is 1.53. The molecule has 0 heterocycles. The summed E-state index contributed by atoms with van der Waals surface area (Å²) in [6.45, 7) is 7.65. The fraction of sp³-hybridized carbons (Fsp3) is 0.846. The Hall–Kier alpha value is -1.10. The summed E-state index contributed by atoms with van der Waals surface area (Å²) < 4.78 is 5.29. The van der Waals surface area contributed by atoms with E-state index in [1.807, 2.05) is 27.7 Å². The molecule has 1 amide bonds. The Morgan fingerprint density at radius 1 is 1.28 bits per heavy atom. The van der Waals surface area contributed by atoms with Crippen molar-refractivity contribution in [2.45, 2.75) is 53.1 Å². The zero-order valence-electron chi connectivity index (χ0n) is 11.8. The SMILES string of the molecule is CCC(C)OCC(=O)NCC(CC)(CC)C(=O)O. The van der Waals surface area contributed by atoms with Crippen LogP contribution in [0.2, 0.25) is 0 Å². The van der Waals surface area contributed by atoms with Crippen molar-refractivity contribution in [3.05, 3.63) is 0 Å². The number of carbonyl (C=O) groups is 2. The van der Waals surface area contributed by atoms with Gasteiger partial charge >= 0.3 is 5.97 Å². The van der Waals surface area contributed by atoms with Crippen molar-refractivity contribution < 1.29 is 19.4 Å². The molecule has 0 saturated heterocycles. The molecule has 18 heavy (non-hydrogen) atoms. The van der Waals surface area contributed by atoms with Gasteiger partial charge in [0.25, 0.3) is 0 Å². The standard InChI is InChI=1S/C13H25NO4/c1-5-10(4)18-8-11(15)14-9-13(6-2,7-3)12(16)17/h10H,5-9H2,1-4H3,(H,14,15)(H,16,17). The molecule has 0 aliphatic heterocycles. The van der Waals surface area contributed by atoms with Crippen LogP contribution in [0.4, 0.5) is 0 Å². The highest BCUT2D eigenvalue weighted by Gasteiger charge is 2.35. The summed E-state index contributed by atoms with van der Waals surface area (Å²) in [5.41, 5.74) is -0.869. The largest absolute Gasteiger partial charge is 0.481 e. The molecule has 0 aromatic carbocycles. The van der Waals surface area contributed by atoms with Crippen LogP contribution in [0.5, 0.6) is 0 Å². The summed E-state index contributed by atoms with van der Waals surface area (Å²) in [6, 6.07) is 0. The van der Waals surface area contributed by atoms with Gasteiger partial charge in [-0.1, -0.05) is 20.8 Å². The molecule has 5 heteroatoms. The van der Waals surface area contributed by atoms with Gasteiger partial charge in [-0.2, -0.15) is 0 Å². The third kappa shape index (κ3) is 5.04. The van der Waals surface area contributed by atoms with Crippen LogP contribution in [0.25, 0.3) is 0 Å². The van der Waals surface area contributed by atoms with Gasteiger partial charge < -0.3 is 15.2 Å². The van der Waals surface area contributed by atoms with Gasteiger partial charge in [-0.05, 0) is 26.2 Å². The summed E-state index contributed by atoms with van der Waals surface area (Å²) in [5.74, 6) is -1.13. The fourth-order valence-electron chi connectivity index (χ4n) is 1.53. The molecule has 0 aromatic rings. The van der Waals surface area contributed by atoms with Crippen LogP contribution in [0.15, 0.2) is 0 Å². The van der Waals surface area contributed by atoms with E-state index in [0.717, 1.165) is 6.42 Å². The second kappa shape index (κ2) is 8.08. The number of carboxylic acid groups (broad SMARTS) is 1. The molecule has 106 valence electrons. The van der Waals surface area contributed by atoms with Gasteiger partial charge in [0.05, 0.1) is 11.5 Å². The molecule has 0 radical (unpaired) electrons. The van der Waals surface area contributed by atoms with Gasteiger partial charge in [0, 0.05) is 6.54 Å². The van der Waals surface area contributed by atoms with Crippen LogP contribution in [0, 0.1) is 5.41 Å².